The lowest BCUT2D eigenvalue weighted by Gasteiger charge is -2.11. The average molecular weight is 426 g/mol. The molecule has 150 valence electrons. The maximum Gasteiger partial charge on any atom is 0.242 e. The number of aryl methyl sites for hydroxylation is 1. The van der Waals surface area contributed by atoms with Gasteiger partial charge in [0.25, 0.3) is 0 Å². The Bertz CT molecular complexity index is 1110. The summed E-state index contributed by atoms with van der Waals surface area (Å²) in [5, 5.41) is 0. The van der Waals surface area contributed by atoms with Crippen LogP contribution in [-0.2, 0) is 22.3 Å². The predicted molar refractivity (Wildman–Crippen MR) is 107 cm³/mol. The monoisotopic (exact) mass is 425 g/mol. The van der Waals surface area contributed by atoms with E-state index in [0.717, 1.165) is 22.3 Å². The first-order chi connectivity index (χ1) is 13.2. The number of imidazole rings is 1. The van der Waals surface area contributed by atoms with Crippen molar-refractivity contribution < 1.29 is 17.2 Å². The molecule has 0 N–H and O–H groups in total. The average Bonchev–Trinajstić information content (AvgIpc) is 2.98. The zero-order chi connectivity index (χ0) is 20.5. The van der Waals surface area contributed by atoms with E-state index in [9.17, 15) is 17.2 Å². The third-order valence-corrected chi connectivity index (χ3v) is 7.13. The molecule has 5 nitrogen and oxygen atoms in total. The number of nitrogens with zero attached hydrogens (tertiary/aromatic N) is 3. The van der Waals surface area contributed by atoms with Crippen LogP contribution >= 0.6 is 11.8 Å². The molecule has 0 spiro atoms. The molecule has 3 rings (SSSR count). The fraction of sp³-hybridized carbons (Fsp3) is 0.316. The van der Waals surface area contributed by atoms with E-state index < -0.39 is 21.7 Å². The highest BCUT2D eigenvalue weighted by molar-refractivity contribution is 7.98. The summed E-state index contributed by atoms with van der Waals surface area (Å²) in [6, 6.07) is 8.37. The molecule has 1 heterocycles. The van der Waals surface area contributed by atoms with Crippen LogP contribution in [0, 0.1) is 11.6 Å². The summed E-state index contributed by atoms with van der Waals surface area (Å²) < 4.78 is 54.9. The van der Waals surface area contributed by atoms with Crippen molar-refractivity contribution in [3.63, 3.8) is 0 Å². The van der Waals surface area contributed by atoms with Crippen molar-refractivity contribution in [1.29, 1.82) is 0 Å². The van der Waals surface area contributed by atoms with Gasteiger partial charge in [0, 0.05) is 31.6 Å². The molecule has 0 saturated heterocycles. The molecule has 0 bridgehead atoms. The van der Waals surface area contributed by atoms with Gasteiger partial charge in [-0.25, -0.2) is 26.5 Å². The van der Waals surface area contributed by atoms with Crippen molar-refractivity contribution in [1.82, 2.24) is 13.9 Å². The highest BCUT2D eigenvalue weighted by atomic mass is 32.2. The third-order valence-electron chi connectivity index (χ3n) is 4.28. The van der Waals surface area contributed by atoms with E-state index in [1.807, 2.05) is 11.5 Å². The molecule has 0 radical (unpaired) electrons. The molecule has 1 aromatic heterocycles. The van der Waals surface area contributed by atoms with Crippen molar-refractivity contribution in [2.75, 3.05) is 14.1 Å². The lowest BCUT2D eigenvalue weighted by atomic mass is 10.3. The second-order valence-corrected chi connectivity index (χ2v) is 9.65. The summed E-state index contributed by atoms with van der Waals surface area (Å²) in [6.07, 6.45) is 0.867. The molecular weight excluding hydrogens is 404 g/mol. The molecule has 3 aromatic rings. The first kappa shape index (κ1) is 20.8. The van der Waals surface area contributed by atoms with Crippen molar-refractivity contribution >= 4 is 32.8 Å². The van der Waals surface area contributed by atoms with Crippen molar-refractivity contribution in [2.24, 2.45) is 0 Å². The fourth-order valence-electron chi connectivity index (χ4n) is 2.85. The van der Waals surface area contributed by atoms with E-state index in [0.29, 0.717) is 28.5 Å². The van der Waals surface area contributed by atoms with Crippen LogP contribution in [0.25, 0.3) is 11.0 Å². The van der Waals surface area contributed by atoms with Crippen LogP contribution in [0.5, 0.6) is 0 Å². The lowest BCUT2D eigenvalue weighted by molar-refractivity contribution is 0.521. The Kier molecular flexibility index (Phi) is 6.07. The maximum absolute atomic E-state index is 13.9. The normalized spacial score (nSPS) is 12.2. The number of benzene rings is 2. The van der Waals surface area contributed by atoms with Gasteiger partial charge in [0.05, 0.1) is 21.7 Å². The van der Waals surface area contributed by atoms with E-state index in [4.69, 9.17) is 0 Å². The van der Waals surface area contributed by atoms with Gasteiger partial charge >= 0.3 is 0 Å². The fourth-order valence-corrected chi connectivity index (χ4v) is 4.64. The van der Waals surface area contributed by atoms with E-state index in [1.54, 1.807) is 18.2 Å². The predicted octanol–water partition coefficient (Wildman–Crippen LogP) is 4.27. The van der Waals surface area contributed by atoms with Crippen molar-refractivity contribution in [3.05, 3.63) is 53.9 Å². The molecule has 0 aliphatic rings. The highest BCUT2D eigenvalue weighted by Crippen LogP contribution is 2.29. The van der Waals surface area contributed by atoms with Gasteiger partial charge in [0.2, 0.25) is 10.0 Å². The molecule has 0 unspecified atom stereocenters. The molecule has 0 amide bonds. The van der Waals surface area contributed by atoms with Gasteiger partial charge in [-0.15, -0.1) is 11.8 Å². The Hall–Kier alpha value is -1.97. The maximum atomic E-state index is 13.9. The molecule has 0 aliphatic carbocycles. The standard InChI is InChI=1S/C19H21F2N3O2S2/c1-4-9-24-17-7-6-14(28(25,26)23(2)3)11-16(17)22-19(24)12-27-18-8-5-13(20)10-15(18)21/h5-8,10-11H,4,9,12H2,1-3H3. The molecule has 2 aromatic carbocycles. The molecule has 0 aliphatic heterocycles. The number of hydrogen-bond donors (Lipinski definition) is 0. The largest absolute Gasteiger partial charge is 0.327 e. The van der Waals surface area contributed by atoms with Crippen LogP contribution in [0.15, 0.2) is 46.2 Å². The summed E-state index contributed by atoms with van der Waals surface area (Å²) in [6.45, 7) is 2.74. The summed E-state index contributed by atoms with van der Waals surface area (Å²) in [7, 11) is -0.594. The summed E-state index contributed by atoms with van der Waals surface area (Å²) >= 11 is 1.23. The van der Waals surface area contributed by atoms with Crippen LogP contribution in [0.1, 0.15) is 19.2 Å². The minimum atomic E-state index is -3.56. The SMILES string of the molecule is CCCn1c(CSc2ccc(F)cc2F)nc2cc(S(=O)(=O)N(C)C)ccc21. The second-order valence-electron chi connectivity index (χ2n) is 6.48. The van der Waals surface area contributed by atoms with Crippen LogP contribution in [0.3, 0.4) is 0 Å². The number of halogens is 2. The Labute approximate surface area is 167 Å². The van der Waals surface area contributed by atoms with E-state index in [1.165, 1.54) is 38.0 Å². The van der Waals surface area contributed by atoms with E-state index in [-0.39, 0.29) is 4.90 Å². The number of aromatic nitrogens is 2. The minimum absolute atomic E-state index is 0.176. The van der Waals surface area contributed by atoms with E-state index >= 15 is 0 Å². The van der Waals surface area contributed by atoms with Gasteiger partial charge in [-0.2, -0.15) is 0 Å². The van der Waals surface area contributed by atoms with Gasteiger partial charge in [-0.05, 0) is 36.8 Å². The number of thioether (sulfide) groups is 1. The van der Waals surface area contributed by atoms with Crippen LogP contribution in [-0.4, -0.2) is 36.4 Å². The summed E-state index contributed by atoms with van der Waals surface area (Å²) in [5.41, 5.74) is 1.40. The lowest BCUT2D eigenvalue weighted by Crippen LogP contribution is -2.22. The van der Waals surface area contributed by atoms with Gasteiger partial charge in [0.15, 0.2) is 0 Å². The molecule has 28 heavy (non-hydrogen) atoms. The van der Waals surface area contributed by atoms with E-state index in [2.05, 4.69) is 4.98 Å². The zero-order valence-corrected chi connectivity index (χ0v) is 17.4. The Morgan fingerprint density at radius 2 is 1.89 bits per heavy atom. The Morgan fingerprint density at radius 1 is 1.14 bits per heavy atom. The third kappa shape index (κ3) is 4.06. The first-order valence-electron chi connectivity index (χ1n) is 8.73. The highest BCUT2D eigenvalue weighted by Gasteiger charge is 2.20. The molecule has 9 heteroatoms. The smallest absolute Gasteiger partial charge is 0.242 e. The Balaban J connectivity index is 1.98. The summed E-state index contributed by atoms with van der Waals surface area (Å²) in [4.78, 5) is 5.11. The van der Waals surface area contributed by atoms with Crippen molar-refractivity contribution in [3.8, 4) is 0 Å². The van der Waals surface area contributed by atoms with Crippen LogP contribution in [0.2, 0.25) is 0 Å². The van der Waals surface area contributed by atoms with Gasteiger partial charge in [-0.1, -0.05) is 6.92 Å². The minimum Gasteiger partial charge on any atom is -0.327 e. The van der Waals surface area contributed by atoms with Crippen molar-refractivity contribution in [2.45, 2.75) is 35.4 Å². The van der Waals surface area contributed by atoms with Crippen LogP contribution in [0.4, 0.5) is 8.78 Å². The molecule has 0 fully saturated rings. The summed E-state index contributed by atoms with van der Waals surface area (Å²) in [5.74, 6) is -0.130. The zero-order valence-electron chi connectivity index (χ0n) is 15.8. The number of hydrogen-bond acceptors (Lipinski definition) is 4. The molecular formula is C19H21F2N3O2S2. The topological polar surface area (TPSA) is 55.2 Å². The van der Waals surface area contributed by atoms with Gasteiger partial charge < -0.3 is 4.57 Å². The first-order valence-corrected chi connectivity index (χ1v) is 11.2. The second kappa shape index (κ2) is 8.18. The quantitative estimate of drug-likeness (QED) is 0.531. The number of rotatable bonds is 7. The number of fused-ring (bicyclic) bond motifs is 1. The molecule has 0 atom stereocenters. The van der Waals surface area contributed by atoms with Gasteiger partial charge in [-0.3, -0.25) is 0 Å². The Morgan fingerprint density at radius 3 is 2.54 bits per heavy atom. The van der Waals surface area contributed by atoms with Crippen LogP contribution < -0.4 is 0 Å². The van der Waals surface area contributed by atoms with Gasteiger partial charge in [0.1, 0.15) is 17.5 Å². The molecule has 0 saturated carbocycles. The number of sulfonamides is 1.